The Kier molecular flexibility index (Phi) is 3.71. The summed E-state index contributed by atoms with van der Waals surface area (Å²) in [6.07, 6.45) is 0.853. The van der Waals surface area contributed by atoms with Gasteiger partial charge >= 0.3 is 0 Å². The van der Waals surface area contributed by atoms with Crippen molar-refractivity contribution in [1.29, 1.82) is 0 Å². The van der Waals surface area contributed by atoms with Crippen LogP contribution in [0.25, 0.3) is 0 Å². The van der Waals surface area contributed by atoms with Gasteiger partial charge in [0, 0.05) is 12.1 Å². The Labute approximate surface area is 123 Å². The van der Waals surface area contributed by atoms with E-state index in [1.807, 2.05) is 31.3 Å². The van der Waals surface area contributed by atoms with Crippen LogP contribution < -0.4 is 10.6 Å². The van der Waals surface area contributed by atoms with Gasteiger partial charge in [-0.1, -0.05) is 24.3 Å². The van der Waals surface area contributed by atoms with Crippen LogP contribution in [0.3, 0.4) is 0 Å². The molecule has 3 nitrogen and oxygen atoms in total. The molecule has 0 spiro atoms. The summed E-state index contributed by atoms with van der Waals surface area (Å²) in [5.74, 6) is -0.296. The summed E-state index contributed by atoms with van der Waals surface area (Å²) >= 11 is 0. The van der Waals surface area contributed by atoms with E-state index in [4.69, 9.17) is 0 Å². The Morgan fingerprint density at radius 2 is 2.00 bits per heavy atom. The van der Waals surface area contributed by atoms with Crippen LogP contribution in [-0.4, -0.2) is 19.5 Å². The lowest BCUT2D eigenvalue weighted by atomic mass is 9.92. The molecule has 0 aliphatic carbocycles. The standard InChI is InChI=1S/C17H17FN2O/c1-19-16(12-3-2-4-14(18)9-12)13-6-5-11-7-8-20-17(21)15(11)10-13/h2-6,9-10,16,19H,7-8H2,1H3,(H,20,21). The van der Waals surface area contributed by atoms with Gasteiger partial charge in [-0.05, 0) is 48.4 Å². The first-order chi connectivity index (χ1) is 10.2. The van der Waals surface area contributed by atoms with Gasteiger partial charge in [0.2, 0.25) is 0 Å². The van der Waals surface area contributed by atoms with Crippen LogP contribution in [0.1, 0.15) is 33.1 Å². The second-order valence-electron chi connectivity index (χ2n) is 5.20. The first-order valence-corrected chi connectivity index (χ1v) is 7.03. The summed E-state index contributed by atoms with van der Waals surface area (Å²) in [6, 6.07) is 12.3. The second-order valence-corrected chi connectivity index (χ2v) is 5.20. The fourth-order valence-electron chi connectivity index (χ4n) is 2.82. The summed E-state index contributed by atoms with van der Waals surface area (Å²) in [4.78, 5) is 11.9. The van der Waals surface area contributed by atoms with Crippen molar-refractivity contribution in [3.8, 4) is 0 Å². The molecule has 4 heteroatoms. The third kappa shape index (κ3) is 2.67. The number of amides is 1. The van der Waals surface area contributed by atoms with Crippen molar-refractivity contribution in [1.82, 2.24) is 10.6 Å². The van der Waals surface area contributed by atoms with Gasteiger partial charge in [-0.15, -0.1) is 0 Å². The van der Waals surface area contributed by atoms with E-state index in [2.05, 4.69) is 10.6 Å². The maximum absolute atomic E-state index is 13.4. The summed E-state index contributed by atoms with van der Waals surface area (Å²) < 4.78 is 13.4. The zero-order valence-corrected chi connectivity index (χ0v) is 11.8. The number of halogens is 1. The fourth-order valence-corrected chi connectivity index (χ4v) is 2.82. The first kappa shape index (κ1) is 13.8. The third-order valence-corrected chi connectivity index (χ3v) is 3.86. The molecule has 0 aromatic heterocycles. The van der Waals surface area contributed by atoms with Crippen LogP contribution in [0.4, 0.5) is 4.39 Å². The molecular formula is C17H17FN2O. The Hall–Kier alpha value is -2.20. The van der Waals surface area contributed by atoms with E-state index < -0.39 is 0 Å². The fraction of sp³-hybridized carbons (Fsp3) is 0.235. The van der Waals surface area contributed by atoms with Crippen LogP contribution >= 0.6 is 0 Å². The Balaban J connectivity index is 2.02. The molecular weight excluding hydrogens is 267 g/mol. The quantitative estimate of drug-likeness (QED) is 0.909. The Morgan fingerprint density at radius 3 is 2.76 bits per heavy atom. The molecule has 0 saturated heterocycles. The van der Waals surface area contributed by atoms with E-state index in [0.717, 1.165) is 28.7 Å². The van der Waals surface area contributed by atoms with Gasteiger partial charge in [-0.2, -0.15) is 0 Å². The summed E-state index contributed by atoms with van der Waals surface area (Å²) in [5.41, 5.74) is 3.58. The highest BCUT2D eigenvalue weighted by Gasteiger charge is 2.20. The second kappa shape index (κ2) is 5.66. The molecule has 108 valence electrons. The molecule has 0 fully saturated rings. The van der Waals surface area contributed by atoms with Gasteiger partial charge in [0.05, 0.1) is 6.04 Å². The molecule has 2 aromatic carbocycles. The topological polar surface area (TPSA) is 41.1 Å². The Morgan fingerprint density at radius 1 is 1.19 bits per heavy atom. The van der Waals surface area contributed by atoms with E-state index in [9.17, 15) is 9.18 Å². The summed E-state index contributed by atoms with van der Waals surface area (Å²) in [5, 5.41) is 6.04. The molecule has 1 atom stereocenters. The van der Waals surface area contributed by atoms with Crippen molar-refractivity contribution >= 4 is 5.91 Å². The lowest BCUT2D eigenvalue weighted by Gasteiger charge is -2.21. The van der Waals surface area contributed by atoms with Crippen LogP contribution in [0.2, 0.25) is 0 Å². The molecule has 3 rings (SSSR count). The third-order valence-electron chi connectivity index (χ3n) is 3.86. The first-order valence-electron chi connectivity index (χ1n) is 7.03. The average molecular weight is 284 g/mol. The molecule has 1 amide bonds. The van der Waals surface area contributed by atoms with Gasteiger partial charge in [-0.3, -0.25) is 4.79 Å². The minimum absolute atomic E-state index is 0.0350. The van der Waals surface area contributed by atoms with Crippen LogP contribution in [0, 0.1) is 5.82 Å². The molecule has 0 radical (unpaired) electrons. The van der Waals surface area contributed by atoms with Crippen molar-refractivity contribution in [2.75, 3.05) is 13.6 Å². The zero-order valence-electron chi connectivity index (χ0n) is 11.8. The van der Waals surface area contributed by atoms with E-state index in [-0.39, 0.29) is 17.8 Å². The number of benzene rings is 2. The number of hydrogen-bond acceptors (Lipinski definition) is 2. The van der Waals surface area contributed by atoms with E-state index in [0.29, 0.717) is 6.54 Å². The smallest absolute Gasteiger partial charge is 0.251 e. The van der Waals surface area contributed by atoms with Crippen molar-refractivity contribution in [2.24, 2.45) is 0 Å². The number of hydrogen-bond donors (Lipinski definition) is 2. The van der Waals surface area contributed by atoms with Crippen LogP contribution in [0.5, 0.6) is 0 Å². The molecule has 1 aliphatic heterocycles. The summed E-state index contributed by atoms with van der Waals surface area (Å²) in [6.45, 7) is 0.685. The van der Waals surface area contributed by atoms with Gasteiger partial charge < -0.3 is 10.6 Å². The highest BCUT2D eigenvalue weighted by atomic mass is 19.1. The van der Waals surface area contributed by atoms with Crippen molar-refractivity contribution in [2.45, 2.75) is 12.5 Å². The minimum Gasteiger partial charge on any atom is -0.352 e. The molecule has 0 saturated carbocycles. The van der Waals surface area contributed by atoms with Crippen molar-refractivity contribution in [3.63, 3.8) is 0 Å². The summed E-state index contributed by atoms with van der Waals surface area (Å²) in [7, 11) is 1.83. The lowest BCUT2D eigenvalue weighted by Crippen LogP contribution is -2.32. The number of nitrogens with one attached hydrogen (secondary N) is 2. The van der Waals surface area contributed by atoms with Gasteiger partial charge in [0.25, 0.3) is 5.91 Å². The molecule has 1 aliphatic rings. The predicted octanol–water partition coefficient (Wildman–Crippen LogP) is 2.42. The number of carbonyl (C=O) groups excluding carboxylic acids is 1. The van der Waals surface area contributed by atoms with E-state index in [1.165, 1.54) is 12.1 Å². The van der Waals surface area contributed by atoms with Gasteiger partial charge in [-0.25, -0.2) is 4.39 Å². The Bertz CT molecular complexity index is 684. The highest BCUT2D eigenvalue weighted by Crippen LogP contribution is 2.25. The van der Waals surface area contributed by atoms with Crippen molar-refractivity contribution < 1.29 is 9.18 Å². The van der Waals surface area contributed by atoms with Crippen LogP contribution in [0.15, 0.2) is 42.5 Å². The monoisotopic (exact) mass is 284 g/mol. The average Bonchev–Trinajstić information content (AvgIpc) is 2.49. The lowest BCUT2D eigenvalue weighted by molar-refractivity contribution is 0.0946. The minimum atomic E-state index is -0.261. The maximum Gasteiger partial charge on any atom is 0.251 e. The molecule has 1 unspecified atom stereocenters. The van der Waals surface area contributed by atoms with Gasteiger partial charge in [0.15, 0.2) is 0 Å². The van der Waals surface area contributed by atoms with E-state index in [1.54, 1.807) is 6.07 Å². The van der Waals surface area contributed by atoms with E-state index >= 15 is 0 Å². The largest absolute Gasteiger partial charge is 0.352 e. The molecule has 2 N–H and O–H groups in total. The maximum atomic E-state index is 13.4. The SMILES string of the molecule is CNC(c1cccc(F)c1)c1ccc2c(c1)C(=O)NCC2. The number of rotatable bonds is 3. The zero-order chi connectivity index (χ0) is 14.8. The number of carbonyl (C=O) groups is 1. The predicted molar refractivity (Wildman–Crippen MR) is 79.8 cm³/mol. The number of fused-ring (bicyclic) bond motifs is 1. The molecule has 2 aromatic rings. The van der Waals surface area contributed by atoms with Crippen molar-refractivity contribution in [3.05, 3.63) is 70.5 Å². The van der Waals surface area contributed by atoms with Crippen LogP contribution in [-0.2, 0) is 6.42 Å². The normalized spacial score (nSPS) is 15.2. The van der Waals surface area contributed by atoms with Gasteiger partial charge in [0.1, 0.15) is 5.82 Å². The highest BCUT2D eigenvalue weighted by molar-refractivity contribution is 5.96. The molecule has 0 bridgehead atoms. The molecule has 21 heavy (non-hydrogen) atoms. The molecule has 1 heterocycles.